The lowest BCUT2D eigenvalue weighted by molar-refractivity contribution is -0.385. The fraction of sp³-hybridized carbons (Fsp3) is 0.455. The van der Waals surface area contributed by atoms with Crippen LogP contribution in [-0.4, -0.2) is 16.7 Å². The highest BCUT2D eigenvalue weighted by Crippen LogP contribution is 2.30. The number of nitrogens with zero attached hydrogens (tertiary/aromatic N) is 1. The SMILES string of the molecule is CC(N)CCSCc1c(Cl)cccc1[N+](=O)[O-]. The standard InChI is InChI=1S/C11H15ClN2O2S/c1-8(13)5-6-17-7-9-10(12)3-2-4-11(9)14(15)16/h2-4,8H,5-7,13H2,1H3. The molecule has 1 aromatic carbocycles. The molecule has 0 fully saturated rings. The minimum Gasteiger partial charge on any atom is -0.328 e. The van der Waals surface area contributed by atoms with Gasteiger partial charge in [0.05, 0.1) is 15.5 Å². The molecule has 0 amide bonds. The van der Waals surface area contributed by atoms with Gasteiger partial charge < -0.3 is 5.73 Å². The molecule has 0 saturated carbocycles. The molecule has 1 aromatic rings. The monoisotopic (exact) mass is 274 g/mol. The summed E-state index contributed by atoms with van der Waals surface area (Å²) in [6, 6.07) is 4.91. The van der Waals surface area contributed by atoms with Gasteiger partial charge in [-0.15, -0.1) is 0 Å². The summed E-state index contributed by atoms with van der Waals surface area (Å²) in [7, 11) is 0. The summed E-state index contributed by atoms with van der Waals surface area (Å²) < 4.78 is 0. The predicted octanol–water partition coefficient (Wildman–Crippen LogP) is 3.22. The van der Waals surface area contributed by atoms with E-state index in [1.165, 1.54) is 6.07 Å². The number of thioether (sulfide) groups is 1. The van der Waals surface area contributed by atoms with Crippen LogP contribution in [0.15, 0.2) is 18.2 Å². The summed E-state index contributed by atoms with van der Waals surface area (Å²) in [5.41, 5.74) is 6.31. The van der Waals surface area contributed by atoms with Crippen molar-refractivity contribution in [2.75, 3.05) is 5.75 Å². The molecule has 0 spiro atoms. The van der Waals surface area contributed by atoms with Crippen LogP contribution < -0.4 is 5.73 Å². The first-order chi connectivity index (χ1) is 8.02. The number of benzene rings is 1. The van der Waals surface area contributed by atoms with Gasteiger partial charge in [-0.1, -0.05) is 17.7 Å². The molecule has 0 radical (unpaired) electrons. The Morgan fingerprint density at radius 3 is 2.88 bits per heavy atom. The van der Waals surface area contributed by atoms with Gasteiger partial charge >= 0.3 is 0 Å². The third kappa shape index (κ3) is 4.53. The maximum Gasteiger partial charge on any atom is 0.274 e. The van der Waals surface area contributed by atoms with Crippen molar-refractivity contribution in [1.82, 2.24) is 0 Å². The molecule has 1 atom stereocenters. The molecule has 0 aromatic heterocycles. The van der Waals surface area contributed by atoms with Gasteiger partial charge in [-0.3, -0.25) is 10.1 Å². The molecular formula is C11H15ClN2O2S. The fourth-order valence-corrected chi connectivity index (χ4v) is 2.81. The van der Waals surface area contributed by atoms with Gasteiger partial charge in [-0.2, -0.15) is 11.8 Å². The number of halogens is 1. The zero-order valence-corrected chi connectivity index (χ0v) is 11.1. The number of nitrogens with two attached hydrogens (primary N) is 1. The smallest absolute Gasteiger partial charge is 0.274 e. The maximum absolute atomic E-state index is 10.8. The summed E-state index contributed by atoms with van der Waals surface area (Å²) in [4.78, 5) is 10.4. The Balaban J connectivity index is 2.66. The number of nitro benzene ring substituents is 1. The number of nitro groups is 1. The van der Waals surface area contributed by atoms with Crippen molar-refractivity contribution in [3.05, 3.63) is 38.9 Å². The van der Waals surface area contributed by atoms with Crippen LogP contribution in [0.1, 0.15) is 18.9 Å². The molecule has 2 N–H and O–H groups in total. The zero-order valence-electron chi connectivity index (χ0n) is 9.56. The summed E-state index contributed by atoms with van der Waals surface area (Å²) >= 11 is 7.58. The lowest BCUT2D eigenvalue weighted by Crippen LogP contribution is -2.15. The van der Waals surface area contributed by atoms with Gasteiger partial charge in [-0.25, -0.2) is 0 Å². The first kappa shape index (κ1) is 14.3. The Labute approximate surface area is 110 Å². The van der Waals surface area contributed by atoms with E-state index in [0.717, 1.165) is 12.2 Å². The lowest BCUT2D eigenvalue weighted by Gasteiger charge is -2.06. The van der Waals surface area contributed by atoms with Crippen LogP contribution in [0.5, 0.6) is 0 Å². The Morgan fingerprint density at radius 1 is 1.59 bits per heavy atom. The van der Waals surface area contributed by atoms with Crippen molar-refractivity contribution in [3.8, 4) is 0 Å². The largest absolute Gasteiger partial charge is 0.328 e. The van der Waals surface area contributed by atoms with E-state index in [2.05, 4.69) is 0 Å². The third-order valence-corrected chi connectivity index (χ3v) is 3.63. The second-order valence-electron chi connectivity index (χ2n) is 3.81. The molecule has 0 aliphatic carbocycles. The lowest BCUT2D eigenvalue weighted by atomic mass is 10.2. The second-order valence-corrected chi connectivity index (χ2v) is 5.33. The first-order valence-electron chi connectivity index (χ1n) is 5.27. The number of hydrogen-bond acceptors (Lipinski definition) is 4. The minimum absolute atomic E-state index is 0.0887. The zero-order chi connectivity index (χ0) is 12.8. The van der Waals surface area contributed by atoms with E-state index in [4.69, 9.17) is 17.3 Å². The highest BCUT2D eigenvalue weighted by atomic mass is 35.5. The Morgan fingerprint density at radius 2 is 2.29 bits per heavy atom. The van der Waals surface area contributed by atoms with Gasteiger partial charge in [0, 0.05) is 17.9 Å². The van der Waals surface area contributed by atoms with Gasteiger partial charge in [0.1, 0.15) is 0 Å². The van der Waals surface area contributed by atoms with Crippen LogP contribution in [0.3, 0.4) is 0 Å². The van der Waals surface area contributed by atoms with Crippen molar-refractivity contribution >= 4 is 29.1 Å². The molecule has 4 nitrogen and oxygen atoms in total. The summed E-state index contributed by atoms with van der Waals surface area (Å²) in [6.45, 7) is 1.94. The van der Waals surface area contributed by atoms with E-state index in [0.29, 0.717) is 16.3 Å². The molecule has 0 saturated heterocycles. The molecule has 94 valence electrons. The van der Waals surface area contributed by atoms with Gasteiger partial charge in [-0.05, 0) is 25.2 Å². The van der Waals surface area contributed by atoms with E-state index in [9.17, 15) is 10.1 Å². The molecule has 17 heavy (non-hydrogen) atoms. The topological polar surface area (TPSA) is 69.2 Å². The molecule has 0 aliphatic rings. The fourth-order valence-electron chi connectivity index (χ4n) is 1.30. The van der Waals surface area contributed by atoms with Crippen molar-refractivity contribution in [2.24, 2.45) is 5.73 Å². The molecule has 0 heterocycles. The van der Waals surface area contributed by atoms with Gasteiger partial charge in [0.2, 0.25) is 0 Å². The summed E-state index contributed by atoms with van der Waals surface area (Å²) in [5, 5.41) is 11.3. The number of hydrogen-bond donors (Lipinski definition) is 1. The van der Waals surface area contributed by atoms with Crippen molar-refractivity contribution in [3.63, 3.8) is 0 Å². The van der Waals surface area contributed by atoms with Crippen LogP contribution in [-0.2, 0) is 5.75 Å². The van der Waals surface area contributed by atoms with Crippen LogP contribution >= 0.6 is 23.4 Å². The van der Waals surface area contributed by atoms with E-state index in [1.807, 2.05) is 6.92 Å². The molecule has 1 rings (SSSR count). The first-order valence-corrected chi connectivity index (χ1v) is 6.80. The minimum atomic E-state index is -0.396. The molecule has 0 bridgehead atoms. The van der Waals surface area contributed by atoms with E-state index < -0.39 is 4.92 Å². The average molecular weight is 275 g/mol. The van der Waals surface area contributed by atoms with E-state index in [1.54, 1.807) is 23.9 Å². The van der Waals surface area contributed by atoms with Gasteiger partial charge in [0.15, 0.2) is 0 Å². The Kier molecular flexibility index (Phi) is 5.74. The quantitative estimate of drug-likeness (QED) is 0.491. The third-order valence-electron chi connectivity index (χ3n) is 2.25. The molecule has 6 heteroatoms. The Hall–Kier alpha value is -0.780. The number of rotatable bonds is 6. The van der Waals surface area contributed by atoms with Crippen LogP contribution in [0.25, 0.3) is 0 Å². The second kappa shape index (κ2) is 6.83. The summed E-state index contributed by atoms with van der Waals surface area (Å²) in [6.07, 6.45) is 0.892. The van der Waals surface area contributed by atoms with E-state index in [-0.39, 0.29) is 11.7 Å². The molecule has 0 aliphatic heterocycles. The highest BCUT2D eigenvalue weighted by Gasteiger charge is 2.16. The molecular weight excluding hydrogens is 260 g/mol. The van der Waals surface area contributed by atoms with Crippen LogP contribution in [0, 0.1) is 10.1 Å². The maximum atomic E-state index is 10.8. The molecule has 1 unspecified atom stereocenters. The normalized spacial score (nSPS) is 12.4. The predicted molar refractivity (Wildman–Crippen MR) is 72.5 cm³/mol. The van der Waals surface area contributed by atoms with Crippen LogP contribution in [0.2, 0.25) is 5.02 Å². The van der Waals surface area contributed by atoms with Crippen molar-refractivity contribution < 1.29 is 4.92 Å². The highest BCUT2D eigenvalue weighted by molar-refractivity contribution is 7.98. The van der Waals surface area contributed by atoms with Crippen molar-refractivity contribution in [1.29, 1.82) is 0 Å². The van der Waals surface area contributed by atoms with Gasteiger partial charge in [0.25, 0.3) is 5.69 Å². The average Bonchev–Trinajstić information content (AvgIpc) is 2.25. The van der Waals surface area contributed by atoms with Crippen LogP contribution in [0.4, 0.5) is 5.69 Å². The van der Waals surface area contributed by atoms with E-state index >= 15 is 0 Å². The summed E-state index contributed by atoms with van der Waals surface area (Å²) in [5.74, 6) is 1.42. The van der Waals surface area contributed by atoms with Crippen molar-refractivity contribution in [2.45, 2.75) is 25.1 Å². The Bertz CT molecular complexity index is 399.